The van der Waals surface area contributed by atoms with E-state index in [1.807, 2.05) is 0 Å². The van der Waals surface area contributed by atoms with Crippen molar-refractivity contribution in [2.24, 2.45) is 5.41 Å². The SMILES string of the molecule is CC(C)=CCC1(C=O)CC2CCC1O2. The molecule has 2 bridgehead atoms. The molecule has 2 rings (SSSR count). The molecule has 2 aliphatic heterocycles. The van der Waals surface area contributed by atoms with Crippen LogP contribution in [0, 0.1) is 5.41 Å². The summed E-state index contributed by atoms with van der Waals surface area (Å²) in [5.74, 6) is 0. The molecule has 0 aromatic rings. The summed E-state index contributed by atoms with van der Waals surface area (Å²) >= 11 is 0. The Labute approximate surface area is 85.3 Å². The quantitative estimate of drug-likeness (QED) is 0.509. The van der Waals surface area contributed by atoms with Crippen molar-refractivity contribution in [2.75, 3.05) is 0 Å². The lowest BCUT2D eigenvalue weighted by molar-refractivity contribution is -0.118. The maximum atomic E-state index is 11.2. The Morgan fingerprint density at radius 3 is 2.71 bits per heavy atom. The van der Waals surface area contributed by atoms with Gasteiger partial charge in [0.05, 0.1) is 17.6 Å². The summed E-state index contributed by atoms with van der Waals surface area (Å²) in [6.07, 6.45) is 7.87. The first-order valence-corrected chi connectivity index (χ1v) is 5.41. The molecular weight excluding hydrogens is 176 g/mol. The number of hydrogen-bond donors (Lipinski definition) is 0. The molecule has 0 aromatic heterocycles. The Bertz CT molecular complexity index is 265. The molecule has 78 valence electrons. The average molecular weight is 194 g/mol. The van der Waals surface area contributed by atoms with Gasteiger partial charge in [0.25, 0.3) is 0 Å². The van der Waals surface area contributed by atoms with Gasteiger partial charge in [0, 0.05) is 0 Å². The predicted molar refractivity (Wildman–Crippen MR) is 55.1 cm³/mol. The molecule has 0 spiro atoms. The first-order chi connectivity index (χ1) is 6.66. The molecule has 0 saturated carbocycles. The van der Waals surface area contributed by atoms with Crippen molar-refractivity contribution in [1.82, 2.24) is 0 Å². The van der Waals surface area contributed by atoms with Crippen molar-refractivity contribution in [1.29, 1.82) is 0 Å². The van der Waals surface area contributed by atoms with Gasteiger partial charge in [0.15, 0.2) is 0 Å². The third-order valence-corrected chi connectivity index (χ3v) is 3.48. The summed E-state index contributed by atoms with van der Waals surface area (Å²) in [4.78, 5) is 11.2. The Morgan fingerprint density at radius 1 is 1.50 bits per heavy atom. The van der Waals surface area contributed by atoms with E-state index in [0.29, 0.717) is 6.10 Å². The summed E-state index contributed by atoms with van der Waals surface area (Å²) in [7, 11) is 0. The minimum atomic E-state index is -0.194. The smallest absolute Gasteiger partial charge is 0.129 e. The lowest BCUT2D eigenvalue weighted by Gasteiger charge is -2.28. The van der Waals surface area contributed by atoms with Crippen LogP contribution in [0.25, 0.3) is 0 Å². The van der Waals surface area contributed by atoms with Gasteiger partial charge in [0.1, 0.15) is 6.29 Å². The van der Waals surface area contributed by atoms with E-state index in [-0.39, 0.29) is 11.5 Å². The molecule has 2 heteroatoms. The second-order valence-corrected chi connectivity index (χ2v) is 4.86. The maximum absolute atomic E-state index is 11.2. The van der Waals surface area contributed by atoms with E-state index in [1.54, 1.807) is 0 Å². The topological polar surface area (TPSA) is 26.3 Å². The highest BCUT2D eigenvalue weighted by molar-refractivity contribution is 5.62. The second-order valence-electron chi connectivity index (χ2n) is 4.86. The van der Waals surface area contributed by atoms with Crippen molar-refractivity contribution in [3.05, 3.63) is 11.6 Å². The van der Waals surface area contributed by atoms with Gasteiger partial charge in [-0.1, -0.05) is 11.6 Å². The Kier molecular flexibility index (Phi) is 2.48. The zero-order chi connectivity index (χ0) is 10.2. The molecule has 14 heavy (non-hydrogen) atoms. The third-order valence-electron chi connectivity index (χ3n) is 3.48. The van der Waals surface area contributed by atoms with Crippen LogP contribution in [0.4, 0.5) is 0 Å². The van der Waals surface area contributed by atoms with E-state index >= 15 is 0 Å². The lowest BCUT2D eigenvalue weighted by Crippen LogP contribution is -2.33. The fraction of sp³-hybridized carbons (Fsp3) is 0.750. The summed E-state index contributed by atoms with van der Waals surface area (Å²) in [5, 5.41) is 0. The number of carbonyl (C=O) groups excluding carboxylic acids is 1. The van der Waals surface area contributed by atoms with Gasteiger partial charge < -0.3 is 9.53 Å². The normalized spacial score (nSPS) is 39.9. The molecule has 0 radical (unpaired) electrons. The zero-order valence-electron chi connectivity index (χ0n) is 8.95. The summed E-state index contributed by atoms with van der Waals surface area (Å²) < 4.78 is 5.75. The van der Waals surface area contributed by atoms with Gasteiger partial charge in [-0.15, -0.1) is 0 Å². The molecule has 0 aliphatic carbocycles. The van der Waals surface area contributed by atoms with Gasteiger partial charge in [-0.05, 0) is 39.5 Å². The summed E-state index contributed by atoms with van der Waals surface area (Å²) in [6.45, 7) is 4.15. The number of rotatable bonds is 3. The van der Waals surface area contributed by atoms with Crippen LogP contribution in [0.2, 0.25) is 0 Å². The molecule has 2 aliphatic rings. The Hall–Kier alpha value is -0.630. The molecule has 2 nitrogen and oxygen atoms in total. The van der Waals surface area contributed by atoms with E-state index in [4.69, 9.17) is 4.74 Å². The Morgan fingerprint density at radius 2 is 2.29 bits per heavy atom. The van der Waals surface area contributed by atoms with Crippen LogP contribution in [-0.4, -0.2) is 18.5 Å². The van der Waals surface area contributed by atoms with E-state index in [2.05, 4.69) is 19.9 Å². The molecular formula is C12H18O2. The number of fused-ring (bicyclic) bond motifs is 2. The second kappa shape index (κ2) is 3.50. The largest absolute Gasteiger partial charge is 0.374 e. The summed E-state index contributed by atoms with van der Waals surface area (Å²) in [6, 6.07) is 0. The fourth-order valence-corrected chi connectivity index (χ4v) is 2.62. The maximum Gasteiger partial charge on any atom is 0.129 e. The predicted octanol–water partition coefficient (Wildman–Crippen LogP) is 2.48. The van der Waals surface area contributed by atoms with Crippen LogP contribution < -0.4 is 0 Å². The van der Waals surface area contributed by atoms with Crippen LogP contribution in [0.5, 0.6) is 0 Å². The van der Waals surface area contributed by atoms with Gasteiger partial charge in [-0.2, -0.15) is 0 Å². The van der Waals surface area contributed by atoms with Crippen molar-refractivity contribution in [2.45, 2.75) is 51.7 Å². The molecule has 3 unspecified atom stereocenters. The van der Waals surface area contributed by atoms with Crippen LogP contribution in [0.15, 0.2) is 11.6 Å². The molecule has 0 aromatic carbocycles. The van der Waals surface area contributed by atoms with Crippen LogP contribution in [0.3, 0.4) is 0 Å². The number of hydrogen-bond acceptors (Lipinski definition) is 2. The van der Waals surface area contributed by atoms with Crippen molar-refractivity contribution in [3.8, 4) is 0 Å². The molecule has 2 saturated heterocycles. The fourth-order valence-electron chi connectivity index (χ4n) is 2.62. The van der Waals surface area contributed by atoms with Gasteiger partial charge in [-0.25, -0.2) is 0 Å². The van der Waals surface area contributed by atoms with Gasteiger partial charge in [-0.3, -0.25) is 0 Å². The molecule has 0 amide bonds. The van der Waals surface area contributed by atoms with E-state index in [0.717, 1.165) is 32.0 Å². The van der Waals surface area contributed by atoms with E-state index < -0.39 is 0 Å². The molecule has 3 atom stereocenters. The zero-order valence-corrected chi connectivity index (χ0v) is 8.95. The van der Waals surface area contributed by atoms with Gasteiger partial charge in [0.2, 0.25) is 0 Å². The lowest BCUT2D eigenvalue weighted by atomic mass is 9.72. The number of aldehydes is 1. The van der Waals surface area contributed by atoms with Crippen molar-refractivity contribution >= 4 is 6.29 Å². The first-order valence-electron chi connectivity index (χ1n) is 5.41. The van der Waals surface area contributed by atoms with E-state index in [1.165, 1.54) is 5.57 Å². The highest BCUT2D eigenvalue weighted by Gasteiger charge is 2.51. The average Bonchev–Trinajstić information content (AvgIpc) is 2.74. The molecule has 2 heterocycles. The standard InChI is InChI=1S/C12H18O2/c1-9(2)5-6-12(8-13)7-10-3-4-11(12)14-10/h5,8,10-11H,3-4,6-7H2,1-2H3. The van der Waals surface area contributed by atoms with Crippen LogP contribution >= 0.6 is 0 Å². The van der Waals surface area contributed by atoms with Crippen molar-refractivity contribution in [3.63, 3.8) is 0 Å². The number of ether oxygens (including phenoxy) is 1. The summed E-state index contributed by atoms with van der Waals surface area (Å²) in [5.41, 5.74) is 1.09. The number of allylic oxidation sites excluding steroid dienone is 2. The van der Waals surface area contributed by atoms with E-state index in [9.17, 15) is 4.79 Å². The van der Waals surface area contributed by atoms with Crippen molar-refractivity contribution < 1.29 is 9.53 Å². The molecule has 2 fully saturated rings. The Balaban J connectivity index is 2.11. The number of carbonyl (C=O) groups is 1. The van der Waals surface area contributed by atoms with Crippen LogP contribution in [-0.2, 0) is 9.53 Å². The van der Waals surface area contributed by atoms with Crippen LogP contribution in [0.1, 0.15) is 39.5 Å². The minimum Gasteiger partial charge on any atom is -0.374 e. The highest BCUT2D eigenvalue weighted by atomic mass is 16.5. The monoisotopic (exact) mass is 194 g/mol. The first kappa shape index (κ1) is 9.91. The highest BCUT2D eigenvalue weighted by Crippen LogP contribution is 2.48. The van der Waals surface area contributed by atoms with Gasteiger partial charge >= 0.3 is 0 Å². The third kappa shape index (κ3) is 1.52. The minimum absolute atomic E-state index is 0.194. The molecule has 0 N–H and O–H groups in total.